The van der Waals surface area contributed by atoms with E-state index in [-0.39, 0.29) is 17.4 Å². The van der Waals surface area contributed by atoms with Crippen LogP contribution in [0.25, 0.3) is 0 Å². The predicted molar refractivity (Wildman–Crippen MR) is 85.5 cm³/mol. The Morgan fingerprint density at radius 1 is 1.30 bits per heavy atom. The Morgan fingerprint density at radius 3 is 2.87 bits per heavy atom. The highest BCUT2D eigenvalue weighted by Gasteiger charge is 2.52. The van der Waals surface area contributed by atoms with Gasteiger partial charge in [-0.05, 0) is 28.8 Å². The minimum atomic E-state index is -0.618. The first-order valence-electron chi connectivity index (χ1n) is 7.86. The van der Waals surface area contributed by atoms with Crippen LogP contribution in [0.1, 0.15) is 23.7 Å². The van der Waals surface area contributed by atoms with Gasteiger partial charge in [-0.25, -0.2) is 0 Å². The Hall–Kier alpha value is -1.82. The lowest BCUT2D eigenvalue weighted by Crippen LogP contribution is -2.52. The first-order chi connectivity index (χ1) is 11.1. The van der Waals surface area contributed by atoms with E-state index in [1.165, 1.54) is 5.57 Å². The van der Waals surface area contributed by atoms with Crippen LogP contribution in [0.4, 0.5) is 0 Å². The number of aromatic hydroxyl groups is 1. The van der Waals surface area contributed by atoms with Crippen LogP contribution in [0.3, 0.4) is 0 Å². The molecular formula is C18H21NO4. The second-order valence-corrected chi connectivity index (χ2v) is 6.39. The zero-order chi connectivity index (χ0) is 16.2. The first-order valence-corrected chi connectivity index (χ1v) is 7.86. The largest absolute Gasteiger partial charge is 0.504 e. The van der Waals surface area contributed by atoms with Crippen LogP contribution in [0.2, 0.25) is 0 Å². The zero-order valence-electron chi connectivity index (χ0n) is 13.3. The third-order valence-corrected chi connectivity index (χ3v) is 5.39. The van der Waals surface area contributed by atoms with Gasteiger partial charge in [-0.1, -0.05) is 18.2 Å². The van der Waals surface area contributed by atoms with Crippen LogP contribution >= 0.6 is 0 Å². The molecule has 2 heterocycles. The smallest absolute Gasteiger partial charge is 0.160 e. The summed E-state index contributed by atoms with van der Waals surface area (Å²) < 4.78 is 10.9. The van der Waals surface area contributed by atoms with Gasteiger partial charge in [0.05, 0.1) is 24.9 Å². The van der Waals surface area contributed by atoms with Gasteiger partial charge in [0.25, 0.3) is 0 Å². The SMILES string of the molecule is COc1cc2c(cc1O)C(O)CN1CC=C3C=CC(OC)CC321. The molecule has 3 aliphatic rings. The molecule has 0 fully saturated rings. The van der Waals surface area contributed by atoms with Crippen molar-refractivity contribution in [1.29, 1.82) is 0 Å². The Bertz CT molecular complexity index is 711. The van der Waals surface area contributed by atoms with E-state index in [4.69, 9.17) is 9.47 Å². The van der Waals surface area contributed by atoms with E-state index in [1.54, 1.807) is 20.3 Å². The number of aliphatic hydroxyl groups excluding tert-OH is 1. The minimum absolute atomic E-state index is 0.0237. The summed E-state index contributed by atoms with van der Waals surface area (Å²) in [5.74, 6) is 0.496. The number of aliphatic hydroxyl groups is 1. The van der Waals surface area contributed by atoms with E-state index in [1.807, 2.05) is 6.07 Å². The Morgan fingerprint density at radius 2 is 2.13 bits per heavy atom. The monoisotopic (exact) mass is 315 g/mol. The van der Waals surface area contributed by atoms with E-state index in [0.29, 0.717) is 12.3 Å². The van der Waals surface area contributed by atoms with E-state index in [9.17, 15) is 10.2 Å². The first kappa shape index (κ1) is 14.8. The number of rotatable bonds is 2. The van der Waals surface area contributed by atoms with Gasteiger partial charge >= 0.3 is 0 Å². The molecule has 5 heteroatoms. The van der Waals surface area contributed by atoms with Crippen LogP contribution in [0.5, 0.6) is 11.5 Å². The lowest BCUT2D eigenvalue weighted by molar-refractivity contribution is 0.0107. The molecule has 1 aromatic carbocycles. The van der Waals surface area contributed by atoms with Crippen molar-refractivity contribution in [3.8, 4) is 11.5 Å². The summed E-state index contributed by atoms with van der Waals surface area (Å²) in [5, 5.41) is 20.7. The topological polar surface area (TPSA) is 62.2 Å². The third-order valence-electron chi connectivity index (χ3n) is 5.39. The Kier molecular flexibility index (Phi) is 3.27. The molecule has 2 aliphatic heterocycles. The van der Waals surface area contributed by atoms with E-state index in [0.717, 1.165) is 24.1 Å². The van der Waals surface area contributed by atoms with Crippen molar-refractivity contribution in [2.24, 2.45) is 0 Å². The molecule has 3 atom stereocenters. The molecule has 0 saturated carbocycles. The molecule has 0 saturated heterocycles. The molecule has 4 rings (SSSR count). The van der Waals surface area contributed by atoms with Crippen molar-refractivity contribution < 1.29 is 19.7 Å². The van der Waals surface area contributed by atoms with Crippen LogP contribution in [-0.4, -0.2) is 48.5 Å². The van der Waals surface area contributed by atoms with Gasteiger partial charge in [0.15, 0.2) is 11.5 Å². The second kappa shape index (κ2) is 5.09. The maximum atomic E-state index is 10.5. The van der Waals surface area contributed by atoms with Crippen LogP contribution in [0, 0.1) is 0 Å². The van der Waals surface area contributed by atoms with Crippen molar-refractivity contribution in [1.82, 2.24) is 4.90 Å². The highest BCUT2D eigenvalue weighted by atomic mass is 16.5. The number of phenols is 1. The van der Waals surface area contributed by atoms with Crippen molar-refractivity contribution in [2.75, 3.05) is 27.3 Å². The molecule has 122 valence electrons. The molecule has 23 heavy (non-hydrogen) atoms. The van der Waals surface area contributed by atoms with Crippen molar-refractivity contribution >= 4 is 0 Å². The standard InChI is InChI=1S/C18H21NO4/c1-22-12-4-3-11-5-6-19-10-16(21)13-7-15(20)17(23-2)8-14(13)18(11,19)9-12/h3-5,7-8,12,16,20-21H,6,9-10H2,1-2H3. The summed E-state index contributed by atoms with van der Waals surface area (Å²) in [4.78, 5) is 2.29. The highest BCUT2D eigenvalue weighted by Crippen LogP contribution is 2.54. The van der Waals surface area contributed by atoms with Gasteiger partial charge in [-0.2, -0.15) is 0 Å². The lowest BCUT2D eigenvalue weighted by Gasteiger charge is -2.49. The van der Waals surface area contributed by atoms with Gasteiger partial charge in [0, 0.05) is 26.6 Å². The summed E-state index contributed by atoms with van der Waals surface area (Å²) in [7, 11) is 3.26. The normalized spacial score (nSPS) is 32.0. The predicted octanol–water partition coefficient (Wildman–Crippen LogP) is 1.86. The average molecular weight is 315 g/mol. The van der Waals surface area contributed by atoms with E-state index >= 15 is 0 Å². The molecule has 0 bridgehead atoms. The summed E-state index contributed by atoms with van der Waals surface area (Å²) in [6.07, 6.45) is 6.62. The molecule has 0 radical (unpaired) electrons. The number of phenolic OH excluding ortho intramolecular Hbond substituents is 1. The fourth-order valence-corrected chi connectivity index (χ4v) is 4.26. The maximum absolute atomic E-state index is 10.5. The number of benzene rings is 1. The minimum Gasteiger partial charge on any atom is -0.504 e. The highest BCUT2D eigenvalue weighted by molar-refractivity contribution is 5.57. The number of ether oxygens (including phenoxy) is 2. The van der Waals surface area contributed by atoms with Crippen LogP contribution in [0.15, 0.2) is 35.9 Å². The molecule has 0 aromatic heterocycles. The Balaban J connectivity index is 1.95. The molecule has 0 amide bonds. The van der Waals surface area contributed by atoms with Gasteiger partial charge < -0.3 is 19.7 Å². The number of nitrogens with zero attached hydrogens (tertiary/aromatic N) is 1. The number of methoxy groups -OCH3 is 2. The Labute approximate surface area is 135 Å². The fraction of sp³-hybridized carbons (Fsp3) is 0.444. The van der Waals surface area contributed by atoms with Gasteiger partial charge in [0.2, 0.25) is 0 Å². The number of hydrogen-bond donors (Lipinski definition) is 2. The van der Waals surface area contributed by atoms with Gasteiger partial charge in [0.1, 0.15) is 0 Å². The lowest BCUT2D eigenvalue weighted by atomic mass is 9.71. The molecule has 1 aromatic rings. The molecule has 1 spiro atoms. The van der Waals surface area contributed by atoms with Gasteiger partial charge in [-0.15, -0.1) is 0 Å². The molecule has 2 N–H and O–H groups in total. The summed E-state index contributed by atoms with van der Waals surface area (Å²) in [6.45, 7) is 1.35. The van der Waals surface area contributed by atoms with Crippen LogP contribution in [-0.2, 0) is 10.3 Å². The molecule has 5 nitrogen and oxygen atoms in total. The van der Waals surface area contributed by atoms with Crippen molar-refractivity contribution in [3.63, 3.8) is 0 Å². The van der Waals surface area contributed by atoms with Crippen molar-refractivity contribution in [2.45, 2.75) is 24.2 Å². The summed E-state index contributed by atoms with van der Waals surface area (Å²) in [5.41, 5.74) is 2.69. The van der Waals surface area contributed by atoms with E-state index < -0.39 is 6.10 Å². The number of fused-ring (bicyclic) bond motifs is 1. The van der Waals surface area contributed by atoms with Crippen molar-refractivity contribution in [3.05, 3.63) is 47.1 Å². The van der Waals surface area contributed by atoms with E-state index in [2.05, 4.69) is 23.1 Å². The summed E-state index contributed by atoms with van der Waals surface area (Å²) in [6, 6.07) is 3.51. The quantitative estimate of drug-likeness (QED) is 0.872. The summed E-state index contributed by atoms with van der Waals surface area (Å²) >= 11 is 0. The molecule has 3 unspecified atom stereocenters. The van der Waals surface area contributed by atoms with Gasteiger partial charge in [-0.3, -0.25) is 4.90 Å². The molecular weight excluding hydrogens is 294 g/mol. The molecule has 1 aliphatic carbocycles. The fourth-order valence-electron chi connectivity index (χ4n) is 4.26. The third kappa shape index (κ3) is 1.90. The average Bonchev–Trinajstić information content (AvgIpc) is 2.93. The second-order valence-electron chi connectivity index (χ2n) is 6.39. The van der Waals surface area contributed by atoms with Crippen LogP contribution < -0.4 is 4.74 Å². The maximum Gasteiger partial charge on any atom is 0.160 e. The number of hydrogen-bond acceptors (Lipinski definition) is 5. The zero-order valence-corrected chi connectivity index (χ0v) is 13.3.